The van der Waals surface area contributed by atoms with Gasteiger partial charge in [-0.25, -0.2) is 4.79 Å². The Balaban J connectivity index is 2.88. The number of allylic oxidation sites excluding steroid dienone is 1. The number of rotatable bonds is 2. The molecule has 3 nitrogen and oxygen atoms in total. The van der Waals surface area contributed by atoms with Crippen LogP contribution in [0.15, 0.2) is 11.3 Å². The summed E-state index contributed by atoms with van der Waals surface area (Å²) >= 11 is 0. The van der Waals surface area contributed by atoms with Crippen molar-refractivity contribution in [3.63, 3.8) is 0 Å². The lowest BCUT2D eigenvalue weighted by molar-refractivity contribution is -0.207. The van der Waals surface area contributed by atoms with Gasteiger partial charge in [-0.3, -0.25) is 0 Å². The molecule has 0 atom stereocenters. The standard InChI is InChI=1S/C11H18O3/c1-7(2)6-9-8(3)13-11(4,5)14-10(9)12/h7H,6H2,1-5H3. The Bertz CT molecular complexity index is 274. The lowest BCUT2D eigenvalue weighted by Gasteiger charge is -2.32. The van der Waals surface area contributed by atoms with E-state index in [9.17, 15) is 4.79 Å². The molecule has 0 aromatic heterocycles. The van der Waals surface area contributed by atoms with Gasteiger partial charge < -0.3 is 9.47 Å². The Morgan fingerprint density at radius 2 is 1.86 bits per heavy atom. The van der Waals surface area contributed by atoms with Gasteiger partial charge in [0, 0.05) is 13.8 Å². The minimum absolute atomic E-state index is 0.243. The number of esters is 1. The summed E-state index contributed by atoms with van der Waals surface area (Å²) < 4.78 is 10.6. The van der Waals surface area contributed by atoms with Crippen molar-refractivity contribution in [1.82, 2.24) is 0 Å². The Hall–Kier alpha value is -0.990. The highest BCUT2D eigenvalue weighted by Crippen LogP contribution is 2.29. The first-order valence-electron chi connectivity index (χ1n) is 4.94. The molecule has 0 saturated carbocycles. The average molecular weight is 198 g/mol. The molecule has 14 heavy (non-hydrogen) atoms. The summed E-state index contributed by atoms with van der Waals surface area (Å²) in [6.07, 6.45) is 0.709. The number of cyclic esters (lactones) is 1. The van der Waals surface area contributed by atoms with Crippen molar-refractivity contribution >= 4 is 5.97 Å². The topological polar surface area (TPSA) is 35.5 Å². The van der Waals surface area contributed by atoms with Crippen LogP contribution in [0.5, 0.6) is 0 Å². The second kappa shape index (κ2) is 3.64. The van der Waals surface area contributed by atoms with Crippen molar-refractivity contribution in [3.8, 4) is 0 Å². The van der Waals surface area contributed by atoms with Crippen LogP contribution in [0, 0.1) is 5.92 Å². The minimum atomic E-state index is -0.818. The van der Waals surface area contributed by atoms with E-state index in [1.807, 2.05) is 6.92 Å². The largest absolute Gasteiger partial charge is 0.457 e. The molecule has 80 valence electrons. The number of carbonyl (C=O) groups excluding carboxylic acids is 1. The normalized spacial score (nSPS) is 20.9. The molecular formula is C11H18O3. The fourth-order valence-corrected chi connectivity index (χ4v) is 1.51. The molecule has 0 aromatic rings. The number of hydrogen-bond acceptors (Lipinski definition) is 3. The third-order valence-corrected chi connectivity index (χ3v) is 2.02. The van der Waals surface area contributed by atoms with Crippen LogP contribution in [0.4, 0.5) is 0 Å². The lowest BCUT2D eigenvalue weighted by atomic mass is 10.0. The second-order valence-corrected chi connectivity index (χ2v) is 4.52. The van der Waals surface area contributed by atoms with E-state index in [1.54, 1.807) is 13.8 Å². The Labute approximate surface area is 85.1 Å². The fraction of sp³-hybridized carbons (Fsp3) is 0.727. The van der Waals surface area contributed by atoms with E-state index >= 15 is 0 Å². The highest BCUT2D eigenvalue weighted by molar-refractivity contribution is 5.89. The molecule has 0 fully saturated rings. The third kappa shape index (κ3) is 2.50. The number of carbonyl (C=O) groups is 1. The monoisotopic (exact) mass is 198 g/mol. The first-order valence-corrected chi connectivity index (χ1v) is 4.94. The van der Waals surface area contributed by atoms with Crippen LogP contribution in [0.2, 0.25) is 0 Å². The summed E-state index contributed by atoms with van der Waals surface area (Å²) in [5.41, 5.74) is 0.666. The number of hydrogen-bond donors (Lipinski definition) is 0. The van der Waals surface area contributed by atoms with E-state index in [0.29, 0.717) is 23.7 Å². The van der Waals surface area contributed by atoms with Gasteiger partial charge in [0.2, 0.25) is 5.79 Å². The molecule has 1 aliphatic heterocycles. The van der Waals surface area contributed by atoms with Gasteiger partial charge in [0.1, 0.15) is 5.76 Å². The first kappa shape index (κ1) is 11.1. The van der Waals surface area contributed by atoms with Crippen LogP contribution >= 0.6 is 0 Å². The maximum Gasteiger partial charge on any atom is 0.340 e. The quantitative estimate of drug-likeness (QED) is 0.640. The molecule has 0 N–H and O–H groups in total. The maximum absolute atomic E-state index is 11.6. The van der Waals surface area contributed by atoms with Gasteiger partial charge in [-0.05, 0) is 19.3 Å². The van der Waals surface area contributed by atoms with Crippen LogP contribution in [-0.2, 0) is 14.3 Å². The smallest absolute Gasteiger partial charge is 0.340 e. The van der Waals surface area contributed by atoms with Gasteiger partial charge in [0.25, 0.3) is 0 Å². The highest BCUT2D eigenvalue weighted by atomic mass is 16.7. The van der Waals surface area contributed by atoms with E-state index in [-0.39, 0.29) is 5.97 Å². The molecule has 3 heteroatoms. The predicted octanol–water partition coefficient (Wildman–Crippen LogP) is 2.62. The minimum Gasteiger partial charge on any atom is -0.457 e. The van der Waals surface area contributed by atoms with Crippen molar-refractivity contribution in [1.29, 1.82) is 0 Å². The van der Waals surface area contributed by atoms with E-state index < -0.39 is 5.79 Å². The molecule has 0 saturated heterocycles. The molecular weight excluding hydrogens is 180 g/mol. The zero-order chi connectivity index (χ0) is 10.9. The van der Waals surface area contributed by atoms with Crippen molar-refractivity contribution in [2.75, 3.05) is 0 Å². The second-order valence-electron chi connectivity index (χ2n) is 4.52. The van der Waals surface area contributed by atoms with Crippen molar-refractivity contribution in [2.45, 2.75) is 46.8 Å². The van der Waals surface area contributed by atoms with Gasteiger partial charge in [-0.15, -0.1) is 0 Å². The average Bonchev–Trinajstić information content (AvgIpc) is 1.94. The molecule has 0 radical (unpaired) electrons. The highest BCUT2D eigenvalue weighted by Gasteiger charge is 2.33. The van der Waals surface area contributed by atoms with Crippen LogP contribution in [0.3, 0.4) is 0 Å². The molecule has 0 aliphatic carbocycles. The SMILES string of the molecule is CC1=C(CC(C)C)C(=O)OC(C)(C)O1. The summed E-state index contributed by atoms with van der Waals surface area (Å²) in [5.74, 6) is 0.0616. The molecule has 0 unspecified atom stereocenters. The van der Waals surface area contributed by atoms with Gasteiger partial charge in [-0.1, -0.05) is 13.8 Å². The predicted molar refractivity (Wildman–Crippen MR) is 53.4 cm³/mol. The van der Waals surface area contributed by atoms with Gasteiger partial charge in [-0.2, -0.15) is 0 Å². The summed E-state index contributed by atoms with van der Waals surface area (Å²) in [7, 11) is 0. The van der Waals surface area contributed by atoms with Gasteiger partial charge >= 0.3 is 5.97 Å². The summed E-state index contributed by atoms with van der Waals surface area (Å²) in [6.45, 7) is 9.42. The first-order chi connectivity index (χ1) is 6.32. The van der Waals surface area contributed by atoms with Crippen molar-refractivity contribution < 1.29 is 14.3 Å². The molecule has 0 amide bonds. The van der Waals surface area contributed by atoms with Crippen LogP contribution in [0.25, 0.3) is 0 Å². The fourth-order valence-electron chi connectivity index (χ4n) is 1.51. The Morgan fingerprint density at radius 3 is 2.29 bits per heavy atom. The Kier molecular flexibility index (Phi) is 2.88. The Morgan fingerprint density at radius 1 is 1.29 bits per heavy atom. The molecule has 1 heterocycles. The van der Waals surface area contributed by atoms with E-state index in [2.05, 4.69) is 13.8 Å². The maximum atomic E-state index is 11.6. The van der Waals surface area contributed by atoms with E-state index in [1.165, 1.54) is 0 Å². The number of ether oxygens (including phenoxy) is 2. The van der Waals surface area contributed by atoms with Crippen molar-refractivity contribution in [2.24, 2.45) is 5.92 Å². The van der Waals surface area contributed by atoms with E-state index in [4.69, 9.17) is 9.47 Å². The zero-order valence-electron chi connectivity index (χ0n) is 9.51. The van der Waals surface area contributed by atoms with Crippen LogP contribution in [0.1, 0.15) is 41.0 Å². The summed E-state index contributed by atoms with van der Waals surface area (Å²) in [5, 5.41) is 0. The molecule has 0 aromatic carbocycles. The van der Waals surface area contributed by atoms with E-state index in [0.717, 1.165) is 0 Å². The molecule has 1 rings (SSSR count). The third-order valence-electron chi connectivity index (χ3n) is 2.02. The van der Waals surface area contributed by atoms with Crippen molar-refractivity contribution in [3.05, 3.63) is 11.3 Å². The lowest BCUT2D eigenvalue weighted by Crippen LogP contribution is -2.36. The summed E-state index contributed by atoms with van der Waals surface area (Å²) in [4.78, 5) is 11.6. The molecule has 0 spiro atoms. The van der Waals surface area contributed by atoms with Crippen LogP contribution < -0.4 is 0 Å². The van der Waals surface area contributed by atoms with Crippen LogP contribution in [-0.4, -0.2) is 11.8 Å². The molecule has 1 aliphatic rings. The zero-order valence-corrected chi connectivity index (χ0v) is 9.51. The van der Waals surface area contributed by atoms with Gasteiger partial charge in [0.05, 0.1) is 5.57 Å². The molecule has 0 bridgehead atoms. The summed E-state index contributed by atoms with van der Waals surface area (Å²) in [6, 6.07) is 0. The van der Waals surface area contributed by atoms with Gasteiger partial charge in [0.15, 0.2) is 0 Å².